The molecule has 0 aromatic heterocycles. The molecule has 2 aromatic rings. The largest absolute Gasteiger partial charge is 0.321 e. The molecule has 6 nitrogen and oxygen atoms in total. The smallest absolute Gasteiger partial charge is 0.257 e. The Morgan fingerprint density at radius 1 is 1.24 bits per heavy atom. The van der Waals surface area contributed by atoms with Crippen LogP contribution in [0.3, 0.4) is 0 Å². The number of hydrogen-bond donors (Lipinski definition) is 1. The fourth-order valence-corrected chi connectivity index (χ4v) is 5.44. The number of halogens is 1. The molecule has 29 heavy (non-hydrogen) atoms. The van der Waals surface area contributed by atoms with E-state index in [1.165, 1.54) is 18.2 Å². The molecule has 0 saturated carbocycles. The van der Waals surface area contributed by atoms with Crippen LogP contribution in [0.15, 0.2) is 36.4 Å². The lowest BCUT2D eigenvalue weighted by molar-refractivity contribution is -0.119. The zero-order valence-corrected chi connectivity index (χ0v) is 18.3. The molecular formula is C21H23ClN2O4S. The summed E-state index contributed by atoms with van der Waals surface area (Å²) in [4.78, 5) is 25.3. The number of anilines is 2. The van der Waals surface area contributed by atoms with E-state index in [2.05, 4.69) is 5.32 Å². The van der Waals surface area contributed by atoms with E-state index in [4.69, 9.17) is 11.6 Å². The summed E-state index contributed by atoms with van der Waals surface area (Å²) in [5, 5.41) is 3.07. The van der Waals surface area contributed by atoms with Crippen LogP contribution in [-0.2, 0) is 14.8 Å². The molecule has 2 amide bonds. The number of amides is 2. The van der Waals surface area contributed by atoms with Gasteiger partial charge in [-0.1, -0.05) is 50.6 Å². The number of para-hydroxylation sites is 1. The minimum atomic E-state index is -3.77. The first kappa shape index (κ1) is 21.3. The molecule has 1 atom stereocenters. The maximum atomic E-state index is 13.0. The van der Waals surface area contributed by atoms with E-state index < -0.39 is 27.8 Å². The summed E-state index contributed by atoms with van der Waals surface area (Å²) in [7, 11) is -3.77. The lowest BCUT2D eigenvalue weighted by atomic mass is 9.98. The molecule has 8 heteroatoms. The molecule has 1 fully saturated rings. The first-order valence-electron chi connectivity index (χ1n) is 9.30. The summed E-state index contributed by atoms with van der Waals surface area (Å²) in [5.41, 5.74) is 2.81. The molecule has 154 valence electrons. The molecule has 1 saturated heterocycles. The number of carbonyl (C=O) groups is 2. The second kappa shape index (κ2) is 7.80. The molecule has 0 bridgehead atoms. The van der Waals surface area contributed by atoms with Gasteiger partial charge in [0.25, 0.3) is 5.91 Å². The molecule has 1 unspecified atom stereocenters. The van der Waals surface area contributed by atoms with Crippen molar-refractivity contribution in [2.24, 2.45) is 5.92 Å². The van der Waals surface area contributed by atoms with Gasteiger partial charge in [-0.05, 0) is 42.2 Å². The quantitative estimate of drug-likeness (QED) is 0.775. The van der Waals surface area contributed by atoms with Crippen LogP contribution in [0, 0.1) is 12.8 Å². The molecule has 2 aromatic carbocycles. The first-order valence-corrected chi connectivity index (χ1v) is 11.3. The normalized spacial score (nSPS) is 18.3. The van der Waals surface area contributed by atoms with Gasteiger partial charge in [-0.15, -0.1) is 0 Å². The lowest BCUT2D eigenvalue weighted by Gasteiger charge is -2.19. The number of nitrogens with one attached hydrogen (secondary N) is 1. The van der Waals surface area contributed by atoms with Crippen molar-refractivity contribution in [2.75, 3.05) is 15.4 Å². The van der Waals surface area contributed by atoms with Crippen LogP contribution in [0.2, 0.25) is 5.02 Å². The number of nitrogens with zero attached hydrogens (tertiary/aromatic N) is 1. The van der Waals surface area contributed by atoms with Crippen molar-refractivity contribution >= 4 is 44.8 Å². The van der Waals surface area contributed by atoms with Gasteiger partial charge in [0.15, 0.2) is 0 Å². The van der Waals surface area contributed by atoms with E-state index >= 15 is 0 Å². The lowest BCUT2D eigenvalue weighted by Crippen LogP contribution is -2.30. The van der Waals surface area contributed by atoms with Crippen molar-refractivity contribution < 1.29 is 18.0 Å². The van der Waals surface area contributed by atoms with E-state index in [1.54, 1.807) is 6.92 Å². The minimum absolute atomic E-state index is 0.102. The summed E-state index contributed by atoms with van der Waals surface area (Å²) in [5.74, 6) is -1.67. The number of rotatable bonds is 4. The number of carbonyl (C=O) groups excluding carboxylic acids is 2. The predicted molar refractivity (Wildman–Crippen MR) is 115 cm³/mol. The SMILES string of the molecule is Cc1cccc(C(C)C)c1NC(=O)c1cc(N2C(=O)C(C)CS2(=O)=O)ccc1Cl. The van der Waals surface area contributed by atoms with E-state index in [1.807, 2.05) is 39.0 Å². The summed E-state index contributed by atoms with van der Waals surface area (Å²) in [6.07, 6.45) is 0. The third-order valence-electron chi connectivity index (χ3n) is 4.96. The fourth-order valence-electron chi connectivity index (χ4n) is 3.42. The molecule has 1 N–H and O–H groups in total. The molecule has 1 aliphatic heterocycles. The summed E-state index contributed by atoms with van der Waals surface area (Å²) >= 11 is 6.23. The Morgan fingerprint density at radius 3 is 2.52 bits per heavy atom. The van der Waals surface area contributed by atoms with E-state index in [9.17, 15) is 18.0 Å². The van der Waals surface area contributed by atoms with Gasteiger partial charge >= 0.3 is 0 Å². The number of aryl methyl sites for hydroxylation is 1. The molecular weight excluding hydrogens is 412 g/mol. The Kier molecular flexibility index (Phi) is 5.74. The predicted octanol–water partition coefficient (Wildman–Crippen LogP) is 4.34. The number of hydrogen-bond acceptors (Lipinski definition) is 4. The van der Waals surface area contributed by atoms with Gasteiger partial charge in [0, 0.05) is 5.69 Å². The average Bonchev–Trinajstić information content (AvgIpc) is 2.84. The van der Waals surface area contributed by atoms with Crippen LogP contribution < -0.4 is 9.62 Å². The summed E-state index contributed by atoms with van der Waals surface area (Å²) in [6.45, 7) is 7.53. The highest BCUT2D eigenvalue weighted by molar-refractivity contribution is 7.94. The van der Waals surface area contributed by atoms with Crippen molar-refractivity contribution in [3.05, 3.63) is 58.1 Å². The Labute approximate surface area is 175 Å². The zero-order valence-electron chi connectivity index (χ0n) is 16.7. The molecule has 1 heterocycles. The van der Waals surface area contributed by atoms with Crippen molar-refractivity contribution in [3.8, 4) is 0 Å². The van der Waals surface area contributed by atoms with Crippen LogP contribution in [0.5, 0.6) is 0 Å². The van der Waals surface area contributed by atoms with Crippen molar-refractivity contribution in [3.63, 3.8) is 0 Å². The topological polar surface area (TPSA) is 83.6 Å². The Morgan fingerprint density at radius 2 is 1.93 bits per heavy atom. The fraction of sp³-hybridized carbons (Fsp3) is 0.333. The highest BCUT2D eigenvalue weighted by atomic mass is 35.5. The van der Waals surface area contributed by atoms with Gasteiger partial charge in [-0.25, -0.2) is 12.7 Å². The molecule has 0 spiro atoms. The first-order chi connectivity index (χ1) is 13.5. The third kappa shape index (κ3) is 4.02. The summed E-state index contributed by atoms with van der Waals surface area (Å²) in [6, 6.07) is 9.98. The van der Waals surface area contributed by atoms with Gasteiger partial charge in [0.05, 0.1) is 27.9 Å². The molecule has 0 radical (unpaired) electrons. The third-order valence-corrected chi connectivity index (χ3v) is 7.15. The minimum Gasteiger partial charge on any atom is -0.321 e. The van der Waals surface area contributed by atoms with Gasteiger partial charge in [0.2, 0.25) is 15.9 Å². The maximum absolute atomic E-state index is 13.0. The molecule has 3 rings (SSSR count). The Balaban J connectivity index is 2.00. The zero-order chi connectivity index (χ0) is 21.5. The van der Waals surface area contributed by atoms with Gasteiger partial charge in [-0.3, -0.25) is 9.59 Å². The van der Waals surface area contributed by atoms with E-state index in [0.29, 0.717) is 5.69 Å². The van der Waals surface area contributed by atoms with Crippen molar-refractivity contribution in [1.29, 1.82) is 0 Å². The van der Waals surface area contributed by atoms with Crippen LogP contribution in [0.4, 0.5) is 11.4 Å². The van der Waals surface area contributed by atoms with Gasteiger partial charge in [0.1, 0.15) is 0 Å². The summed E-state index contributed by atoms with van der Waals surface area (Å²) < 4.78 is 25.5. The van der Waals surface area contributed by atoms with Gasteiger partial charge in [-0.2, -0.15) is 0 Å². The average molecular weight is 435 g/mol. The number of sulfonamides is 1. The monoisotopic (exact) mass is 434 g/mol. The van der Waals surface area contributed by atoms with E-state index in [0.717, 1.165) is 15.4 Å². The highest BCUT2D eigenvalue weighted by Crippen LogP contribution is 2.32. The number of benzene rings is 2. The molecule has 0 aliphatic carbocycles. The highest BCUT2D eigenvalue weighted by Gasteiger charge is 2.42. The van der Waals surface area contributed by atoms with Crippen LogP contribution in [0.25, 0.3) is 0 Å². The second-order valence-electron chi connectivity index (χ2n) is 7.59. The van der Waals surface area contributed by atoms with Crippen LogP contribution >= 0.6 is 11.6 Å². The van der Waals surface area contributed by atoms with E-state index in [-0.39, 0.29) is 27.9 Å². The van der Waals surface area contributed by atoms with Crippen LogP contribution in [-0.4, -0.2) is 26.0 Å². The Hall–Kier alpha value is -2.38. The standard InChI is InChI=1S/C21H23ClN2O4S/c1-12(2)16-7-5-6-13(3)19(16)23-20(25)17-10-15(8-9-18(17)22)24-21(26)14(4)11-29(24,27)28/h5-10,12,14H,11H2,1-4H3,(H,23,25). The Bertz CT molecular complexity index is 1100. The maximum Gasteiger partial charge on any atom is 0.257 e. The van der Waals surface area contributed by atoms with Gasteiger partial charge < -0.3 is 5.32 Å². The van der Waals surface area contributed by atoms with Crippen molar-refractivity contribution in [2.45, 2.75) is 33.6 Å². The molecule has 1 aliphatic rings. The van der Waals surface area contributed by atoms with Crippen LogP contribution in [0.1, 0.15) is 48.2 Å². The van der Waals surface area contributed by atoms with Crippen molar-refractivity contribution in [1.82, 2.24) is 0 Å². The second-order valence-corrected chi connectivity index (χ2v) is 9.86.